The van der Waals surface area contributed by atoms with Crippen LogP contribution in [-0.2, 0) is 14.8 Å². The van der Waals surface area contributed by atoms with Crippen LogP contribution in [0, 0.1) is 12.8 Å². The fourth-order valence-corrected chi connectivity index (χ4v) is 5.04. The Labute approximate surface area is 200 Å². The highest BCUT2D eigenvalue weighted by molar-refractivity contribution is 7.92. The van der Waals surface area contributed by atoms with E-state index in [9.17, 15) is 13.2 Å². The van der Waals surface area contributed by atoms with E-state index >= 15 is 0 Å². The highest BCUT2D eigenvalue weighted by Crippen LogP contribution is 2.31. The lowest BCUT2D eigenvalue weighted by molar-refractivity contribution is -0.120. The number of benzene rings is 3. The summed E-state index contributed by atoms with van der Waals surface area (Å²) in [5.41, 5.74) is 2.55. The number of anilines is 1. The fourth-order valence-electron chi connectivity index (χ4n) is 3.81. The van der Waals surface area contributed by atoms with E-state index in [0.717, 1.165) is 11.1 Å². The van der Waals surface area contributed by atoms with E-state index < -0.39 is 10.0 Å². The SMILES string of the molecule is Cc1ccc(Oc2ccccc2NC(=O)C2CCN(S(=O)(=O)/C=C/c3ccccc3)CC2)cc1. The largest absolute Gasteiger partial charge is 0.455 e. The second kappa shape index (κ2) is 10.7. The van der Waals surface area contributed by atoms with Gasteiger partial charge in [0.15, 0.2) is 5.75 Å². The van der Waals surface area contributed by atoms with Gasteiger partial charge in [0.25, 0.3) is 0 Å². The highest BCUT2D eigenvalue weighted by Gasteiger charge is 2.30. The molecule has 176 valence electrons. The van der Waals surface area contributed by atoms with Crippen molar-refractivity contribution in [2.45, 2.75) is 19.8 Å². The van der Waals surface area contributed by atoms with Crippen molar-refractivity contribution in [1.82, 2.24) is 4.31 Å². The van der Waals surface area contributed by atoms with Crippen LogP contribution in [0.4, 0.5) is 5.69 Å². The number of para-hydroxylation sites is 2. The second-order valence-electron chi connectivity index (χ2n) is 8.33. The zero-order valence-electron chi connectivity index (χ0n) is 19.1. The molecular weight excluding hydrogens is 448 g/mol. The van der Waals surface area contributed by atoms with Crippen LogP contribution in [0.2, 0.25) is 0 Å². The van der Waals surface area contributed by atoms with Crippen LogP contribution >= 0.6 is 0 Å². The molecule has 1 amide bonds. The molecule has 0 radical (unpaired) electrons. The Kier molecular flexibility index (Phi) is 7.45. The third kappa shape index (κ3) is 6.12. The van der Waals surface area contributed by atoms with E-state index in [1.54, 1.807) is 12.1 Å². The first-order chi connectivity index (χ1) is 16.4. The van der Waals surface area contributed by atoms with Crippen LogP contribution in [0.1, 0.15) is 24.0 Å². The molecule has 1 aliphatic rings. The summed E-state index contributed by atoms with van der Waals surface area (Å²) in [5.74, 6) is 0.856. The highest BCUT2D eigenvalue weighted by atomic mass is 32.2. The average molecular weight is 477 g/mol. The Balaban J connectivity index is 1.35. The van der Waals surface area contributed by atoms with Crippen molar-refractivity contribution in [3.63, 3.8) is 0 Å². The molecule has 4 rings (SSSR count). The number of aryl methyl sites for hydroxylation is 1. The number of hydrogen-bond acceptors (Lipinski definition) is 4. The normalized spacial score (nSPS) is 15.3. The number of amides is 1. The molecule has 1 heterocycles. The molecule has 3 aromatic rings. The lowest BCUT2D eigenvalue weighted by Crippen LogP contribution is -2.40. The molecule has 0 aromatic heterocycles. The van der Waals surface area contributed by atoms with E-state index in [1.807, 2.05) is 79.7 Å². The minimum atomic E-state index is -3.53. The van der Waals surface area contributed by atoms with Gasteiger partial charge in [0.1, 0.15) is 5.75 Å². The minimum absolute atomic E-state index is 0.128. The Hall–Kier alpha value is -3.42. The lowest BCUT2D eigenvalue weighted by atomic mass is 9.97. The van der Waals surface area contributed by atoms with Gasteiger partial charge in [0, 0.05) is 24.4 Å². The Bertz CT molecular complexity index is 1250. The van der Waals surface area contributed by atoms with Crippen molar-refractivity contribution in [2.24, 2.45) is 5.92 Å². The number of sulfonamides is 1. The van der Waals surface area contributed by atoms with Crippen LogP contribution in [0.3, 0.4) is 0 Å². The topological polar surface area (TPSA) is 75.7 Å². The van der Waals surface area contributed by atoms with E-state index in [4.69, 9.17) is 4.74 Å². The van der Waals surface area contributed by atoms with Gasteiger partial charge in [-0.25, -0.2) is 8.42 Å². The molecule has 0 atom stereocenters. The summed E-state index contributed by atoms with van der Waals surface area (Å²) in [6.45, 7) is 2.62. The quantitative estimate of drug-likeness (QED) is 0.493. The van der Waals surface area contributed by atoms with Crippen molar-refractivity contribution in [1.29, 1.82) is 0 Å². The zero-order valence-corrected chi connectivity index (χ0v) is 19.9. The summed E-state index contributed by atoms with van der Waals surface area (Å²) in [7, 11) is -3.53. The van der Waals surface area contributed by atoms with Crippen LogP contribution in [0.5, 0.6) is 11.5 Å². The van der Waals surface area contributed by atoms with E-state index in [0.29, 0.717) is 43.1 Å². The molecule has 0 saturated carbocycles. The Morgan fingerprint density at radius 2 is 1.59 bits per heavy atom. The number of nitrogens with zero attached hydrogens (tertiary/aromatic N) is 1. The molecule has 1 N–H and O–H groups in total. The van der Waals surface area contributed by atoms with Gasteiger partial charge in [-0.05, 0) is 55.7 Å². The van der Waals surface area contributed by atoms with E-state index in [2.05, 4.69) is 5.32 Å². The van der Waals surface area contributed by atoms with Gasteiger partial charge in [-0.15, -0.1) is 0 Å². The van der Waals surface area contributed by atoms with Gasteiger partial charge in [-0.2, -0.15) is 4.31 Å². The van der Waals surface area contributed by atoms with Gasteiger partial charge >= 0.3 is 0 Å². The lowest BCUT2D eigenvalue weighted by Gasteiger charge is -2.29. The number of carbonyl (C=O) groups is 1. The van der Waals surface area contributed by atoms with Crippen LogP contribution in [-0.4, -0.2) is 31.7 Å². The summed E-state index contributed by atoms with van der Waals surface area (Å²) < 4.78 is 32.8. The minimum Gasteiger partial charge on any atom is -0.455 e. The summed E-state index contributed by atoms with van der Waals surface area (Å²) in [6.07, 6.45) is 2.52. The van der Waals surface area contributed by atoms with Crippen molar-refractivity contribution in [3.8, 4) is 11.5 Å². The molecule has 6 nitrogen and oxygen atoms in total. The van der Waals surface area contributed by atoms with Gasteiger partial charge in [-0.1, -0.05) is 60.2 Å². The van der Waals surface area contributed by atoms with Crippen molar-refractivity contribution >= 4 is 27.7 Å². The molecule has 0 unspecified atom stereocenters. The number of piperidine rings is 1. The molecule has 3 aromatic carbocycles. The average Bonchev–Trinajstić information content (AvgIpc) is 2.86. The van der Waals surface area contributed by atoms with E-state index in [1.165, 1.54) is 9.71 Å². The predicted molar refractivity (Wildman–Crippen MR) is 135 cm³/mol. The summed E-state index contributed by atoms with van der Waals surface area (Å²) in [6, 6.07) is 24.3. The number of nitrogens with one attached hydrogen (secondary N) is 1. The molecule has 0 aliphatic carbocycles. The van der Waals surface area contributed by atoms with Crippen molar-refractivity contribution in [2.75, 3.05) is 18.4 Å². The second-order valence-corrected chi connectivity index (χ2v) is 10.2. The molecule has 34 heavy (non-hydrogen) atoms. The Morgan fingerprint density at radius 3 is 2.29 bits per heavy atom. The molecule has 0 spiro atoms. The molecule has 1 fully saturated rings. The van der Waals surface area contributed by atoms with Crippen LogP contribution < -0.4 is 10.1 Å². The zero-order chi connectivity index (χ0) is 24.0. The van der Waals surface area contributed by atoms with Crippen LogP contribution in [0.15, 0.2) is 84.3 Å². The maximum absolute atomic E-state index is 12.9. The number of ether oxygens (including phenoxy) is 1. The molecule has 1 saturated heterocycles. The number of carbonyl (C=O) groups excluding carboxylic acids is 1. The van der Waals surface area contributed by atoms with Gasteiger partial charge < -0.3 is 10.1 Å². The summed E-state index contributed by atoms with van der Waals surface area (Å²) in [4.78, 5) is 12.9. The maximum Gasteiger partial charge on any atom is 0.236 e. The van der Waals surface area contributed by atoms with Crippen molar-refractivity contribution < 1.29 is 17.9 Å². The number of rotatable bonds is 7. The first-order valence-corrected chi connectivity index (χ1v) is 12.8. The van der Waals surface area contributed by atoms with Crippen LogP contribution in [0.25, 0.3) is 6.08 Å². The fraction of sp³-hybridized carbons (Fsp3) is 0.222. The van der Waals surface area contributed by atoms with Gasteiger partial charge in [-0.3, -0.25) is 4.79 Å². The van der Waals surface area contributed by atoms with Gasteiger partial charge in [0.2, 0.25) is 15.9 Å². The Morgan fingerprint density at radius 1 is 0.941 bits per heavy atom. The molecule has 1 aliphatic heterocycles. The standard InChI is InChI=1S/C27H28N2O4S/c1-21-11-13-24(14-12-21)33-26-10-6-5-9-25(26)28-27(30)23-15-18-29(19-16-23)34(31,32)20-17-22-7-3-2-4-8-22/h2-14,17,20,23H,15-16,18-19H2,1H3,(H,28,30)/b20-17+. The number of hydrogen-bond donors (Lipinski definition) is 1. The summed E-state index contributed by atoms with van der Waals surface area (Å²) in [5, 5.41) is 4.20. The van der Waals surface area contributed by atoms with Crippen molar-refractivity contribution in [3.05, 3.63) is 95.4 Å². The van der Waals surface area contributed by atoms with Gasteiger partial charge in [0.05, 0.1) is 5.69 Å². The van der Waals surface area contributed by atoms with E-state index in [-0.39, 0.29) is 11.8 Å². The predicted octanol–water partition coefficient (Wildman–Crippen LogP) is 5.44. The molecular formula is C27H28N2O4S. The third-order valence-corrected chi connectivity index (χ3v) is 7.38. The summed E-state index contributed by atoms with van der Waals surface area (Å²) >= 11 is 0. The smallest absolute Gasteiger partial charge is 0.236 e. The molecule has 0 bridgehead atoms. The first-order valence-electron chi connectivity index (χ1n) is 11.3. The third-order valence-electron chi connectivity index (χ3n) is 5.81. The first kappa shape index (κ1) is 23.7. The maximum atomic E-state index is 12.9. The molecule has 7 heteroatoms. The monoisotopic (exact) mass is 476 g/mol.